The monoisotopic (exact) mass is 233 g/mol. The van der Waals surface area contributed by atoms with Crippen molar-refractivity contribution in [1.82, 2.24) is 4.98 Å². The highest BCUT2D eigenvalue weighted by atomic mass is 35.5. The minimum Gasteiger partial charge on any atom is -0.260 e. The van der Waals surface area contributed by atoms with E-state index in [4.69, 9.17) is 11.6 Å². The lowest BCUT2D eigenvalue weighted by molar-refractivity contribution is 0.653. The maximum Gasteiger partial charge on any atom is 0.0524 e. The molecular weight excluding hydrogens is 218 g/mol. The van der Waals surface area contributed by atoms with Gasteiger partial charge in [-0.05, 0) is 29.9 Å². The standard InChI is InChI=1S/C14H16ClN/c1-3-5-10(2)14-13-11(8-9-16-14)6-4-7-12(13)15/h4,6-10H,3,5H2,1-2H3. The molecule has 16 heavy (non-hydrogen) atoms. The van der Waals surface area contributed by atoms with Crippen LogP contribution in [0.4, 0.5) is 0 Å². The first-order chi connectivity index (χ1) is 7.74. The van der Waals surface area contributed by atoms with Gasteiger partial charge in [0, 0.05) is 11.6 Å². The molecule has 0 aliphatic carbocycles. The molecule has 0 aliphatic heterocycles. The molecule has 0 amide bonds. The smallest absolute Gasteiger partial charge is 0.0524 e. The van der Waals surface area contributed by atoms with E-state index in [1.165, 1.54) is 11.8 Å². The second kappa shape index (κ2) is 4.84. The Balaban J connectivity index is 2.60. The summed E-state index contributed by atoms with van der Waals surface area (Å²) in [6.07, 6.45) is 4.20. The normalized spacial score (nSPS) is 12.9. The predicted octanol–water partition coefficient (Wildman–Crippen LogP) is 4.79. The topological polar surface area (TPSA) is 12.9 Å². The zero-order chi connectivity index (χ0) is 11.5. The van der Waals surface area contributed by atoms with Gasteiger partial charge in [-0.25, -0.2) is 0 Å². The van der Waals surface area contributed by atoms with Gasteiger partial charge in [0.2, 0.25) is 0 Å². The summed E-state index contributed by atoms with van der Waals surface area (Å²) in [5.41, 5.74) is 1.13. The van der Waals surface area contributed by atoms with Crippen molar-refractivity contribution in [3.63, 3.8) is 0 Å². The van der Waals surface area contributed by atoms with Crippen LogP contribution in [0, 0.1) is 0 Å². The van der Waals surface area contributed by atoms with Gasteiger partial charge in [-0.15, -0.1) is 0 Å². The zero-order valence-corrected chi connectivity index (χ0v) is 10.5. The molecule has 0 N–H and O–H groups in total. The quantitative estimate of drug-likeness (QED) is 0.743. The first-order valence-electron chi connectivity index (χ1n) is 5.77. The van der Waals surface area contributed by atoms with E-state index in [9.17, 15) is 0 Å². The molecule has 1 aromatic heterocycles. The highest BCUT2D eigenvalue weighted by Gasteiger charge is 2.12. The van der Waals surface area contributed by atoms with Gasteiger partial charge in [0.05, 0.1) is 10.7 Å². The van der Waals surface area contributed by atoms with E-state index in [1.807, 2.05) is 24.4 Å². The molecule has 1 nitrogen and oxygen atoms in total. The number of fused-ring (bicyclic) bond motifs is 1. The summed E-state index contributed by atoms with van der Waals surface area (Å²) in [6, 6.07) is 8.03. The predicted molar refractivity (Wildman–Crippen MR) is 70.1 cm³/mol. The van der Waals surface area contributed by atoms with E-state index >= 15 is 0 Å². The van der Waals surface area contributed by atoms with Crippen molar-refractivity contribution in [3.8, 4) is 0 Å². The Kier molecular flexibility index (Phi) is 3.45. The molecule has 1 atom stereocenters. The van der Waals surface area contributed by atoms with Gasteiger partial charge in [0.15, 0.2) is 0 Å². The largest absolute Gasteiger partial charge is 0.260 e. The van der Waals surface area contributed by atoms with E-state index in [2.05, 4.69) is 24.9 Å². The number of nitrogens with zero attached hydrogens (tertiary/aromatic N) is 1. The van der Waals surface area contributed by atoms with Crippen molar-refractivity contribution in [2.45, 2.75) is 32.6 Å². The number of aromatic nitrogens is 1. The molecule has 1 unspecified atom stereocenters. The van der Waals surface area contributed by atoms with Gasteiger partial charge in [0.1, 0.15) is 0 Å². The van der Waals surface area contributed by atoms with Crippen LogP contribution in [0.5, 0.6) is 0 Å². The summed E-state index contributed by atoms with van der Waals surface area (Å²) in [6.45, 7) is 4.41. The number of benzene rings is 1. The molecule has 0 saturated heterocycles. The minimum atomic E-state index is 0.466. The molecule has 1 aromatic carbocycles. The van der Waals surface area contributed by atoms with Crippen molar-refractivity contribution in [3.05, 3.63) is 41.2 Å². The van der Waals surface area contributed by atoms with Crippen LogP contribution in [0.25, 0.3) is 10.8 Å². The van der Waals surface area contributed by atoms with Crippen molar-refractivity contribution < 1.29 is 0 Å². The maximum atomic E-state index is 6.27. The molecule has 2 aromatic rings. The van der Waals surface area contributed by atoms with Crippen molar-refractivity contribution in [2.24, 2.45) is 0 Å². The van der Waals surface area contributed by atoms with Crippen LogP contribution in [-0.2, 0) is 0 Å². The number of halogens is 1. The summed E-state index contributed by atoms with van der Waals surface area (Å²) >= 11 is 6.27. The van der Waals surface area contributed by atoms with Crippen LogP contribution in [0.2, 0.25) is 5.02 Å². The lowest BCUT2D eigenvalue weighted by Crippen LogP contribution is -1.98. The molecule has 2 rings (SSSR count). The second-order valence-electron chi connectivity index (χ2n) is 4.22. The van der Waals surface area contributed by atoms with E-state index in [1.54, 1.807) is 0 Å². The van der Waals surface area contributed by atoms with Gasteiger partial charge in [-0.1, -0.05) is 44.0 Å². The Morgan fingerprint density at radius 2 is 2.12 bits per heavy atom. The Hall–Kier alpha value is -1.08. The molecule has 0 bridgehead atoms. The Labute approximate surface area is 101 Å². The summed E-state index contributed by atoms with van der Waals surface area (Å²) in [7, 11) is 0. The van der Waals surface area contributed by atoms with Crippen LogP contribution in [0.3, 0.4) is 0 Å². The average Bonchev–Trinajstić information content (AvgIpc) is 2.29. The van der Waals surface area contributed by atoms with E-state index in [0.717, 1.165) is 22.5 Å². The highest BCUT2D eigenvalue weighted by molar-refractivity contribution is 6.35. The van der Waals surface area contributed by atoms with Crippen molar-refractivity contribution in [2.75, 3.05) is 0 Å². The van der Waals surface area contributed by atoms with Gasteiger partial charge in [-0.2, -0.15) is 0 Å². The van der Waals surface area contributed by atoms with Crippen LogP contribution in [-0.4, -0.2) is 4.98 Å². The lowest BCUT2D eigenvalue weighted by atomic mass is 9.97. The molecule has 84 valence electrons. The first-order valence-corrected chi connectivity index (χ1v) is 6.15. The van der Waals surface area contributed by atoms with Crippen LogP contribution in [0.15, 0.2) is 30.5 Å². The number of hydrogen-bond acceptors (Lipinski definition) is 1. The molecule has 0 radical (unpaired) electrons. The Morgan fingerprint density at radius 3 is 2.88 bits per heavy atom. The zero-order valence-electron chi connectivity index (χ0n) is 9.70. The van der Waals surface area contributed by atoms with E-state index in [0.29, 0.717) is 5.92 Å². The van der Waals surface area contributed by atoms with E-state index < -0.39 is 0 Å². The fourth-order valence-corrected chi connectivity index (χ4v) is 2.43. The van der Waals surface area contributed by atoms with Crippen LogP contribution < -0.4 is 0 Å². The summed E-state index contributed by atoms with van der Waals surface area (Å²) in [5.74, 6) is 0.466. The molecule has 0 fully saturated rings. The fraction of sp³-hybridized carbons (Fsp3) is 0.357. The molecule has 2 heteroatoms. The third-order valence-corrected chi connectivity index (χ3v) is 3.27. The molecule has 0 aliphatic rings. The molecule has 0 spiro atoms. The minimum absolute atomic E-state index is 0.466. The van der Waals surface area contributed by atoms with Gasteiger partial charge in [0.25, 0.3) is 0 Å². The molecule has 1 heterocycles. The van der Waals surface area contributed by atoms with Gasteiger partial charge >= 0.3 is 0 Å². The van der Waals surface area contributed by atoms with Crippen LogP contribution >= 0.6 is 11.6 Å². The second-order valence-corrected chi connectivity index (χ2v) is 4.63. The van der Waals surface area contributed by atoms with Gasteiger partial charge in [-0.3, -0.25) is 4.98 Å². The highest BCUT2D eigenvalue weighted by Crippen LogP contribution is 2.31. The van der Waals surface area contributed by atoms with Crippen LogP contribution in [0.1, 0.15) is 38.3 Å². The number of pyridine rings is 1. The number of hydrogen-bond donors (Lipinski definition) is 0. The third-order valence-electron chi connectivity index (χ3n) is 2.96. The SMILES string of the molecule is CCCC(C)c1nccc2cccc(Cl)c12. The third kappa shape index (κ3) is 2.05. The Morgan fingerprint density at radius 1 is 1.31 bits per heavy atom. The molecule has 0 saturated carbocycles. The summed E-state index contributed by atoms with van der Waals surface area (Å²) in [4.78, 5) is 4.50. The maximum absolute atomic E-state index is 6.27. The summed E-state index contributed by atoms with van der Waals surface area (Å²) in [5, 5.41) is 3.11. The lowest BCUT2D eigenvalue weighted by Gasteiger charge is -2.13. The fourth-order valence-electron chi connectivity index (χ4n) is 2.16. The summed E-state index contributed by atoms with van der Waals surface area (Å²) < 4.78 is 0. The first kappa shape index (κ1) is 11.4. The molecular formula is C14H16ClN. The van der Waals surface area contributed by atoms with Crippen molar-refractivity contribution >= 4 is 22.4 Å². The number of rotatable bonds is 3. The Bertz CT molecular complexity index is 488. The average molecular weight is 234 g/mol. The van der Waals surface area contributed by atoms with Crippen molar-refractivity contribution in [1.29, 1.82) is 0 Å². The van der Waals surface area contributed by atoms with E-state index in [-0.39, 0.29) is 0 Å². The van der Waals surface area contributed by atoms with Gasteiger partial charge < -0.3 is 0 Å².